The third-order valence-corrected chi connectivity index (χ3v) is 5.15. The quantitative estimate of drug-likeness (QED) is 0.749. The molecular formula is C22H26FN3O3. The van der Waals surface area contributed by atoms with Gasteiger partial charge in [-0.15, -0.1) is 0 Å². The molecule has 0 unspecified atom stereocenters. The molecule has 1 heterocycles. The molecule has 0 N–H and O–H groups in total. The number of anilines is 1. The summed E-state index contributed by atoms with van der Waals surface area (Å²) in [5.41, 5.74) is 1.41. The maximum atomic E-state index is 14.0. The number of benzene rings is 2. The zero-order chi connectivity index (χ0) is 20.8. The summed E-state index contributed by atoms with van der Waals surface area (Å²) in [6.07, 6.45) is 0. The van der Waals surface area contributed by atoms with Gasteiger partial charge in [0.1, 0.15) is 18.1 Å². The van der Waals surface area contributed by atoms with Gasteiger partial charge in [0.05, 0.1) is 12.8 Å². The number of methoxy groups -OCH3 is 1. The molecule has 7 heteroatoms. The number of amides is 2. The summed E-state index contributed by atoms with van der Waals surface area (Å²) in [7, 11) is 1.58. The lowest BCUT2D eigenvalue weighted by Gasteiger charge is -2.37. The van der Waals surface area contributed by atoms with E-state index < -0.39 is 0 Å². The Kier molecular flexibility index (Phi) is 6.69. The average Bonchev–Trinajstić information content (AvgIpc) is 2.74. The van der Waals surface area contributed by atoms with Crippen LogP contribution in [0.1, 0.15) is 12.5 Å². The van der Waals surface area contributed by atoms with Crippen molar-refractivity contribution in [2.24, 2.45) is 0 Å². The molecule has 3 rings (SSSR count). The van der Waals surface area contributed by atoms with Gasteiger partial charge in [-0.3, -0.25) is 9.59 Å². The fourth-order valence-corrected chi connectivity index (χ4v) is 3.49. The van der Waals surface area contributed by atoms with E-state index in [9.17, 15) is 14.0 Å². The van der Waals surface area contributed by atoms with Crippen LogP contribution in [0.3, 0.4) is 0 Å². The van der Waals surface area contributed by atoms with Gasteiger partial charge in [-0.25, -0.2) is 4.39 Å². The molecule has 0 bridgehead atoms. The standard InChI is InChI=1S/C22H26FN3O3/c1-17(27)26(15-18-7-3-6-10-21(18)29-2)16-22(28)25-13-11-24(12-14-25)20-9-5-4-8-19(20)23/h3-10H,11-16H2,1-2H3. The van der Waals surface area contributed by atoms with Crippen LogP contribution in [0.2, 0.25) is 0 Å². The number of carbonyl (C=O) groups is 2. The van der Waals surface area contributed by atoms with Crippen LogP contribution in [0.5, 0.6) is 5.75 Å². The zero-order valence-electron chi connectivity index (χ0n) is 16.8. The van der Waals surface area contributed by atoms with Gasteiger partial charge in [0.25, 0.3) is 0 Å². The van der Waals surface area contributed by atoms with E-state index in [0.29, 0.717) is 44.2 Å². The average molecular weight is 399 g/mol. The summed E-state index contributed by atoms with van der Waals surface area (Å²) in [5.74, 6) is 0.147. The minimum atomic E-state index is -0.258. The van der Waals surface area contributed by atoms with Crippen LogP contribution in [-0.4, -0.2) is 61.4 Å². The van der Waals surface area contributed by atoms with Gasteiger partial charge in [0.2, 0.25) is 11.8 Å². The SMILES string of the molecule is COc1ccccc1CN(CC(=O)N1CCN(c2ccccc2F)CC1)C(C)=O. The summed E-state index contributed by atoms with van der Waals surface area (Å²) >= 11 is 0. The van der Waals surface area contributed by atoms with Crippen LogP contribution in [0.25, 0.3) is 0 Å². The minimum absolute atomic E-state index is 0.00702. The first kappa shape index (κ1) is 20.6. The van der Waals surface area contributed by atoms with E-state index in [1.165, 1.54) is 17.9 Å². The van der Waals surface area contributed by atoms with Crippen molar-refractivity contribution in [2.75, 3.05) is 44.7 Å². The summed E-state index contributed by atoms with van der Waals surface area (Å²) in [4.78, 5) is 30.1. The molecule has 1 fully saturated rings. The van der Waals surface area contributed by atoms with Crippen LogP contribution in [0.4, 0.5) is 10.1 Å². The number of carbonyl (C=O) groups excluding carboxylic acids is 2. The Balaban J connectivity index is 1.60. The molecule has 1 aliphatic heterocycles. The fraction of sp³-hybridized carbons (Fsp3) is 0.364. The van der Waals surface area contributed by atoms with E-state index in [1.54, 1.807) is 30.2 Å². The number of halogens is 1. The number of piperazine rings is 1. The highest BCUT2D eigenvalue weighted by Gasteiger charge is 2.25. The van der Waals surface area contributed by atoms with Crippen LogP contribution in [-0.2, 0) is 16.1 Å². The van der Waals surface area contributed by atoms with Crippen molar-refractivity contribution in [2.45, 2.75) is 13.5 Å². The van der Waals surface area contributed by atoms with Crippen LogP contribution in [0, 0.1) is 5.82 Å². The van der Waals surface area contributed by atoms with E-state index in [-0.39, 0.29) is 24.2 Å². The summed E-state index contributed by atoms with van der Waals surface area (Å²) in [5, 5.41) is 0. The van der Waals surface area contributed by atoms with Crippen LogP contribution >= 0.6 is 0 Å². The number of hydrogen-bond acceptors (Lipinski definition) is 4. The van der Waals surface area contributed by atoms with Crippen molar-refractivity contribution in [1.82, 2.24) is 9.80 Å². The fourth-order valence-electron chi connectivity index (χ4n) is 3.49. The van der Waals surface area contributed by atoms with Gasteiger partial charge in [0.15, 0.2) is 0 Å². The van der Waals surface area contributed by atoms with Crippen LogP contribution in [0.15, 0.2) is 48.5 Å². The Morgan fingerprint density at radius 1 is 1.03 bits per heavy atom. The van der Waals surface area contributed by atoms with Crippen molar-refractivity contribution < 1.29 is 18.7 Å². The summed E-state index contributed by atoms with van der Waals surface area (Å²) in [6, 6.07) is 14.1. The maximum absolute atomic E-state index is 14.0. The summed E-state index contributed by atoms with van der Waals surface area (Å²) < 4.78 is 19.3. The van der Waals surface area contributed by atoms with Gasteiger partial charge < -0.3 is 19.4 Å². The number of nitrogens with zero attached hydrogens (tertiary/aromatic N) is 3. The number of para-hydroxylation sites is 2. The molecule has 0 spiro atoms. The first-order chi connectivity index (χ1) is 14.0. The van der Waals surface area contributed by atoms with Gasteiger partial charge in [-0.1, -0.05) is 30.3 Å². The van der Waals surface area contributed by atoms with Crippen molar-refractivity contribution in [1.29, 1.82) is 0 Å². The predicted octanol–water partition coefficient (Wildman–Crippen LogP) is 2.53. The Labute approximate surface area is 170 Å². The van der Waals surface area contributed by atoms with Crippen LogP contribution < -0.4 is 9.64 Å². The molecule has 0 aromatic heterocycles. The lowest BCUT2D eigenvalue weighted by atomic mass is 10.2. The predicted molar refractivity (Wildman–Crippen MR) is 109 cm³/mol. The Hall–Kier alpha value is -3.09. The van der Waals surface area contributed by atoms with Crippen molar-refractivity contribution in [3.05, 3.63) is 59.9 Å². The minimum Gasteiger partial charge on any atom is -0.496 e. The van der Waals surface area contributed by atoms with E-state index in [2.05, 4.69) is 0 Å². The highest BCUT2D eigenvalue weighted by Crippen LogP contribution is 2.21. The maximum Gasteiger partial charge on any atom is 0.242 e. The molecule has 1 saturated heterocycles. The summed E-state index contributed by atoms with van der Waals surface area (Å²) in [6.45, 7) is 3.87. The molecule has 2 aromatic rings. The lowest BCUT2D eigenvalue weighted by Crippen LogP contribution is -2.51. The number of ether oxygens (including phenoxy) is 1. The van der Waals surface area contributed by atoms with E-state index in [4.69, 9.17) is 4.74 Å². The molecule has 154 valence electrons. The zero-order valence-corrected chi connectivity index (χ0v) is 16.8. The van der Waals surface area contributed by atoms with E-state index >= 15 is 0 Å². The number of rotatable bonds is 6. The molecular weight excluding hydrogens is 373 g/mol. The molecule has 1 aliphatic rings. The molecule has 0 radical (unpaired) electrons. The molecule has 0 aliphatic carbocycles. The second kappa shape index (κ2) is 9.41. The molecule has 0 atom stereocenters. The largest absolute Gasteiger partial charge is 0.496 e. The van der Waals surface area contributed by atoms with E-state index in [1.807, 2.05) is 29.2 Å². The van der Waals surface area contributed by atoms with Crippen molar-refractivity contribution in [3.8, 4) is 5.75 Å². The van der Waals surface area contributed by atoms with Gasteiger partial charge >= 0.3 is 0 Å². The molecule has 2 aromatic carbocycles. The first-order valence-corrected chi connectivity index (χ1v) is 9.64. The molecule has 0 saturated carbocycles. The topological polar surface area (TPSA) is 53.1 Å². The Morgan fingerprint density at radius 3 is 2.34 bits per heavy atom. The normalized spacial score (nSPS) is 13.9. The lowest BCUT2D eigenvalue weighted by molar-refractivity contribution is -0.140. The second-order valence-corrected chi connectivity index (χ2v) is 7.01. The van der Waals surface area contributed by atoms with Crippen molar-refractivity contribution >= 4 is 17.5 Å². The monoisotopic (exact) mass is 399 g/mol. The van der Waals surface area contributed by atoms with Gasteiger partial charge in [-0.05, 0) is 18.2 Å². The highest BCUT2D eigenvalue weighted by atomic mass is 19.1. The molecule has 2 amide bonds. The van der Waals surface area contributed by atoms with Gasteiger partial charge in [0, 0.05) is 45.2 Å². The van der Waals surface area contributed by atoms with Crippen molar-refractivity contribution in [3.63, 3.8) is 0 Å². The Bertz CT molecular complexity index is 866. The Morgan fingerprint density at radius 2 is 1.69 bits per heavy atom. The third-order valence-electron chi connectivity index (χ3n) is 5.15. The highest BCUT2D eigenvalue weighted by molar-refractivity contribution is 5.84. The van der Waals surface area contributed by atoms with Gasteiger partial charge in [-0.2, -0.15) is 0 Å². The molecule has 29 heavy (non-hydrogen) atoms. The second-order valence-electron chi connectivity index (χ2n) is 7.01. The van der Waals surface area contributed by atoms with E-state index in [0.717, 1.165) is 5.56 Å². The molecule has 6 nitrogen and oxygen atoms in total. The third kappa shape index (κ3) is 5.04. The first-order valence-electron chi connectivity index (χ1n) is 9.64. The number of hydrogen-bond donors (Lipinski definition) is 0. The smallest absolute Gasteiger partial charge is 0.242 e.